The summed E-state index contributed by atoms with van der Waals surface area (Å²) in [4.78, 5) is 0. The fourth-order valence-electron chi connectivity index (χ4n) is 1.66. The largest absolute Gasteiger partial charge is 0.433 e. The standard InChI is InChI=1S/C12H28O2Si3/c1-9-16(7,10-2)13-15(5,6)14-17(8,11-3)12-4/h9,11H,1,3,10,12H2,2,4-8H3. The third-order valence-electron chi connectivity index (χ3n) is 3.23. The minimum absolute atomic E-state index is 1.05. The zero-order valence-corrected chi connectivity index (χ0v) is 15.3. The minimum atomic E-state index is -2.08. The molecule has 0 aliphatic heterocycles. The first-order chi connectivity index (χ1) is 7.66. The van der Waals surface area contributed by atoms with Crippen molar-refractivity contribution in [3.63, 3.8) is 0 Å². The third-order valence-corrected chi connectivity index (χ3v) is 15.4. The van der Waals surface area contributed by atoms with Crippen LogP contribution in [0.3, 0.4) is 0 Å². The average Bonchev–Trinajstić information content (AvgIpc) is 2.27. The molecule has 0 rings (SSSR count). The van der Waals surface area contributed by atoms with Crippen molar-refractivity contribution in [3.8, 4) is 0 Å². The summed E-state index contributed by atoms with van der Waals surface area (Å²) in [6, 6.07) is 2.10. The number of hydrogen-bond acceptors (Lipinski definition) is 2. The Bertz CT molecular complexity index is 255. The Morgan fingerprint density at radius 2 is 1.12 bits per heavy atom. The molecule has 5 heteroatoms. The first-order valence-electron chi connectivity index (χ1n) is 6.33. The van der Waals surface area contributed by atoms with Crippen LogP contribution in [0.4, 0.5) is 0 Å². The van der Waals surface area contributed by atoms with Crippen molar-refractivity contribution in [1.82, 2.24) is 0 Å². The van der Waals surface area contributed by atoms with Crippen LogP contribution in [0.15, 0.2) is 24.6 Å². The quantitative estimate of drug-likeness (QED) is 0.618. The molecule has 0 fully saturated rings. The molecule has 0 saturated carbocycles. The van der Waals surface area contributed by atoms with Crippen molar-refractivity contribution in [2.75, 3.05) is 0 Å². The van der Waals surface area contributed by atoms with Gasteiger partial charge in [0.2, 0.25) is 16.6 Å². The second kappa shape index (κ2) is 6.29. The number of rotatable bonds is 8. The van der Waals surface area contributed by atoms with Gasteiger partial charge in [0.25, 0.3) is 0 Å². The van der Waals surface area contributed by atoms with E-state index < -0.39 is 25.2 Å². The first kappa shape index (κ1) is 17.1. The van der Waals surface area contributed by atoms with E-state index in [4.69, 9.17) is 8.23 Å². The van der Waals surface area contributed by atoms with E-state index in [0.29, 0.717) is 0 Å². The highest BCUT2D eigenvalue weighted by Gasteiger charge is 2.39. The summed E-state index contributed by atoms with van der Waals surface area (Å²) in [7, 11) is -5.62. The van der Waals surface area contributed by atoms with E-state index in [0.717, 1.165) is 12.1 Å². The van der Waals surface area contributed by atoms with Crippen molar-refractivity contribution >= 4 is 25.2 Å². The van der Waals surface area contributed by atoms with E-state index in [-0.39, 0.29) is 0 Å². The Balaban J connectivity index is 4.79. The Morgan fingerprint density at radius 1 is 0.824 bits per heavy atom. The minimum Gasteiger partial charge on any atom is -0.433 e. The molecule has 0 heterocycles. The lowest BCUT2D eigenvalue weighted by Gasteiger charge is -2.38. The van der Waals surface area contributed by atoms with Crippen molar-refractivity contribution in [2.45, 2.75) is 52.1 Å². The molecule has 0 N–H and O–H groups in total. The molecular weight excluding hydrogens is 260 g/mol. The zero-order valence-electron chi connectivity index (χ0n) is 12.3. The van der Waals surface area contributed by atoms with E-state index in [1.54, 1.807) is 0 Å². The molecule has 0 bridgehead atoms. The van der Waals surface area contributed by atoms with Crippen LogP contribution in [0.1, 0.15) is 13.8 Å². The van der Waals surface area contributed by atoms with Gasteiger partial charge >= 0.3 is 8.56 Å². The second-order valence-electron chi connectivity index (χ2n) is 5.34. The molecule has 2 nitrogen and oxygen atoms in total. The van der Waals surface area contributed by atoms with E-state index in [1.807, 2.05) is 11.4 Å². The molecule has 100 valence electrons. The monoisotopic (exact) mass is 288 g/mol. The number of hydrogen-bond donors (Lipinski definition) is 0. The fraction of sp³-hybridized carbons (Fsp3) is 0.667. The fourth-order valence-corrected chi connectivity index (χ4v) is 13.6. The molecule has 17 heavy (non-hydrogen) atoms. The van der Waals surface area contributed by atoms with E-state index in [1.165, 1.54) is 0 Å². The second-order valence-corrected chi connectivity index (χ2v) is 17.3. The molecule has 0 aromatic rings. The first-order valence-corrected chi connectivity index (χ1v) is 14.5. The lowest BCUT2D eigenvalue weighted by molar-refractivity contribution is 0.394. The molecule has 0 spiro atoms. The Morgan fingerprint density at radius 3 is 1.29 bits per heavy atom. The van der Waals surface area contributed by atoms with Gasteiger partial charge in [-0.1, -0.05) is 25.2 Å². The molecule has 0 radical (unpaired) electrons. The zero-order chi connectivity index (χ0) is 13.7. The maximum Gasteiger partial charge on any atom is 0.311 e. The molecule has 0 aliphatic carbocycles. The summed E-state index contributed by atoms with van der Waals surface area (Å²) in [5, 5.41) is 0. The lowest BCUT2D eigenvalue weighted by Crippen LogP contribution is -2.52. The summed E-state index contributed by atoms with van der Waals surface area (Å²) in [5.74, 6) is 0. The highest BCUT2D eigenvalue weighted by atomic mass is 28.5. The van der Waals surface area contributed by atoms with Gasteiger partial charge in [-0.05, 0) is 38.3 Å². The van der Waals surface area contributed by atoms with Crippen molar-refractivity contribution < 1.29 is 8.23 Å². The van der Waals surface area contributed by atoms with Crippen LogP contribution in [0.5, 0.6) is 0 Å². The predicted molar refractivity (Wildman–Crippen MR) is 84.2 cm³/mol. The molecule has 0 aliphatic rings. The smallest absolute Gasteiger partial charge is 0.311 e. The van der Waals surface area contributed by atoms with Crippen LogP contribution >= 0.6 is 0 Å². The van der Waals surface area contributed by atoms with E-state index >= 15 is 0 Å². The lowest BCUT2D eigenvalue weighted by atomic mass is 11.0. The van der Waals surface area contributed by atoms with Gasteiger partial charge in [0.15, 0.2) is 0 Å². The van der Waals surface area contributed by atoms with Crippen molar-refractivity contribution in [2.24, 2.45) is 0 Å². The third kappa shape index (κ3) is 5.48. The Labute approximate surface area is 110 Å². The molecular formula is C12H28O2Si3. The topological polar surface area (TPSA) is 18.5 Å². The molecule has 0 aromatic carbocycles. The highest BCUT2D eigenvalue weighted by molar-refractivity contribution is 6.91. The summed E-state index contributed by atoms with van der Waals surface area (Å²) in [6.45, 7) is 20.9. The van der Waals surface area contributed by atoms with E-state index in [2.05, 4.69) is 53.2 Å². The van der Waals surface area contributed by atoms with Crippen LogP contribution in [0.2, 0.25) is 38.3 Å². The van der Waals surface area contributed by atoms with Crippen LogP contribution in [-0.4, -0.2) is 25.2 Å². The van der Waals surface area contributed by atoms with Gasteiger partial charge < -0.3 is 8.23 Å². The maximum absolute atomic E-state index is 6.35. The van der Waals surface area contributed by atoms with Crippen LogP contribution in [0, 0.1) is 0 Å². The van der Waals surface area contributed by atoms with Gasteiger partial charge in [0, 0.05) is 0 Å². The summed E-state index contributed by atoms with van der Waals surface area (Å²) in [5.41, 5.74) is 4.04. The van der Waals surface area contributed by atoms with E-state index in [9.17, 15) is 0 Å². The molecule has 0 saturated heterocycles. The molecule has 0 amide bonds. The van der Waals surface area contributed by atoms with Gasteiger partial charge in [-0.2, -0.15) is 0 Å². The van der Waals surface area contributed by atoms with Crippen LogP contribution in [-0.2, 0) is 8.23 Å². The normalized spacial score (nSPS) is 19.2. The summed E-state index contributed by atoms with van der Waals surface area (Å²) in [6.07, 6.45) is 0. The molecule has 2 atom stereocenters. The predicted octanol–water partition coefficient (Wildman–Crippen LogP) is 4.36. The van der Waals surface area contributed by atoms with Gasteiger partial charge in [0.1, 0.15) is 0 Å². The van der Waals surface area contributed by atoms with Crippen LogP contribution < -0.4 is 0 Å². The van der Waals surface area contributed by atoms with Gasteiger partial charge in [-0.15, -0.1) is 13.2 Å². The van der Waals surface area contributed by atoms with Gasteiger partial charge in [0.05, 0.1) is 0 Å². The molecule has 0 aromatic heterocycles. The summed E-state index contributed by atoms with van der Waals surface area (Å²) >= 11 is 0. The van der Waals surface area contributed by atoms with Gasteiger partial charge in [-0.25, -0.2) is 0 Å². The maximum atomic E-state index is 6.35. The highest BCUT2D eigenvalue weighted by Crippen LogP contribution is 2.25. The Hall–Kier alpha value is 0.0506. The average molecular weight is 289 g/mol. The SMILES string of the molecule is C=C[Si](C)(CC)O[Si](C)(C)O[Si](C)(C=C)CC. The summed E-state index contributed by atoms with van der Waals surface area (Å²) < 4.78 is 12.7. The van der Waals surface area contributed by atoms with Crippen molar-refractivity contribution in [3.05, 3.63) is 24.6 Å². The molecule has 2 unspecified atom stereocenters. The Kier molecular flexibility index (Phi) is 6.30. The van der Waals surface area contributed by atoms with Crippen LogP contribution in [0.25, 0.3) is 0 Å². The van der Waals surface area contributed by atoms with Crippen molar-refractivity contribution in [1.29, 1.82) is 0 Å². The van der Waals surface area contributed by atoms with Gasteiger partial charge in [-0.3, -0.25) is 0 Å².